The lowest BCUT2D eigenvalue weighted by molar-refractivity contribution is -0.386. The molecule has 0 aliphatic carbocycles. The molecular weight excluding hydrogens is 384 g/mol. The van der Waals surface area contributed by atoms with Gasteiger partial charge in [-0.2, -0.15) is 5.26 Å². The SMILES string of the molecule is Cc1cc(C(F)F)nc(C)c1Oc1nc(-c2ccnc(C#N)c2)ccc1[N+](=O)[O-]. The summed E-state index contributed by atoms with van der Waals surface area (Å²) in [4.78, 5) is 22.6. The first kappa shape index (κ1) is 19.8. The highest BCUT2D eigenvalue weighted by Gasteiger charge is 2.22. The van der Waals surface area contributed by atoms with Gasteiger partial charge in [0.1, 0.15) is 17.5 Å². The molecule has 3 aromatic rings. The number of nitro groups is 1. The molecule has 3 heterocycles. The van der Waals surface area contributed by atoms with E-state index in [0.29, 0.717) is 16.8 Å². The van der Waals surface area contributed by atoms with Gasteiger partial charge < -0.3 is 4.74 Å². The standard InChI is InChI=1S/C19H13F2N5O3/c1-10-7-15(18(20)21)24-11(2)17(10)29-19-16(26(27)28)4-3-14(25-19)12-5-6-23-13(8-12)9-22/h3-8,18H,1-2H3. The highest BCUT2D eigenvalue weighted by molar-refractivity contribution is 5.63. The first-order valence-corrected chi connectivity index (χ1v) is 8.26. The quantitative estimate of drug-likeness (QED) is 0.454. The predicted octanol–water partition coefficient (Wildman–Crippen LogP) is 4.67. The van der Waals surface area contributed by atoms with Crippen molar-refractivity contribution < 1.29 is 18.4 Å². The average molecular weight is 397 g/mol. The molecule has 0 N–H and O–H groups in total. The Morgan fingerprint density at radius 3 is 2.59 bits per heavy atom. The number of rotatable bonds is 5. The number of alkyl halides is 2. The summed E-state index contributed by atoms with van der Waals surface area (Å²) < 4.78 is 31.5. The molecule has 146 valence electrons. The Morgan fingerprint density at radius 1 is 1.21 bits per heavy atom. The molecule has 0 saturated heterocycles. The molecule has 29 heavy (non-hydrogen) atoms. The van der Waals surface area contributed by atoms with E-state index < -0.39 is 22.7 Å². The maximum absolute atomic E-state index is 12.9. The van der Waals surface area contributed by atoms with E-state index in [1.165, 1.54) is 38.2 Å². The van der Waals surface area contributed by atoms with Gasteiger partial charge in [0.2, 0.25) is 0 Å². The minimum Gasteiger partial charge on any atom is -0.431 e. The summed E-state index contributed by atoms with van der Waals surface area (Å²) in [7, 11) is 0. The number of ether oxygens (including phenoxy) is 1. The second-order valence-electron chi connectivity index (χ2n) is 6.00. The van der Waals surface area contributed by atoms with Crippen LogP contribution < -0.4 is 4.74 Å². The number of hydrogen-bond acceptors (Lipinski definition) is 7. The van der Waals surface area contributed by atoms with Crippen molar-refractivity contribution in [2.24, 2.45) is 0 Å². The molecule has 0 radical (unpaired) electrons. The number of aryl methyl sites for hydroxylation is 2. The smallest absolute Gasteiger partial charge is 0.331 e. The van der Waals surface area contributed by atoms with Gasteiger partial charge in [-0.3, -0.25) is 10.1 Å². The van der Waals surface area contributed by atoms with E-state index in [0.717, 1.165) is 6.07 Å². The van der Waals surface area contributed by atoms with Crippen molar-refractivity contribution in [3.63, 3.8) is 0 Å². The fourth-order valence-electron chi connectivity index (χ4n) is 2.67. The van der Waals surface area contributed by atoms with Gasteiger partial charge in [0.25, 0.3) is 12.3 Å². The fraction of sp³-hybridized carbons (Fsp3) is 0.158. The molecule has 0 saturated carbocycles. The molecule has 0 atom stereocenters. The van der Waals surface area contributed by atoms with Gasteiger partial charge >= 0.3 is 5.69 Å². The van der Waals surface area contributed by atoms with Crippen molar-refractivity contribution in [2.45, 2.75) is 20.3 Å². The third-order valence-electron chi connectivity index (χ3n) is 3.98. The predicted molar refractivity (Wildman–Crippen MR) is 97.6 cm³/mol. The van der Waals surface area contributed by atoms with Crippen LogP contribution >= 0.6 is 0 Å². The monoisotopic (exact) mass is 397 g/mol. The second kappa shape index (κ2) is 7.93. The number of pyridine rings is 3. The molecule has 3 rings (SSSR count). The van der Waals surface area contributed by atoms with Crippen molar-refractivity contribution in [3.8, 4) is 29.0 Å². The van der Waals surface area contributed by atoms with Crippen LogP contribution in [0.1, 0.15) is 29.1 Å². The number of hydrogen-bond donors (Lipinski definition) is 0. The summed E-state index contributed by atoms with van der Waals surface area (Å²) in [6, 6.07) is 8.77. The Kier molecular flexibility index (Phi) is 5.40. The molecule has 0 amide bonds. The van der Waals surface area contributed by atoms with Crippen molar-refractivity contribution >= 4 is 5.69 Å². The van der Waals surface area contributed by atoms with Crippen molar-refractivity contribution in [1.29, 1.82) is 5.26 Å². The Morgan fingerprint density at radius 2 is 1.97 bits per heavy atom. The molecule has 0 spiro atoms. The Bertz CT molecular complexity index is 1120. The Labute approximate surface area is 163 Å². The van der Waals surface area contributed by atoms with Crippen molar-refractivity contribution in [3.05, 3.63) is 69.3 Å². The van der Waals surface area contributed by atoms with Crippen LogP contribution in [0.5, 0.6) is 11.6 Å². The van der Waals surface area contributed by atoms with E-state index in [1.54, 1.807) is 6.07 Å². The van der Waals surface area contributed by atoms with Crippen LogP contribution in [-0.2, 0) is 0 Å². The minimum absolute atomic E-state index is 0.106. The van der Waals surface area contributed by atoms with E-state index >= 15 is 0 Å². The third kappa shape index (κ3) is 4.14. The highest BCUT2D eigenvalue weighted by atomic mass is 19.3. The van der Waals surface area contributed by atoms with Crippen LogP contribution in [0.3, 0.4) is 0 Å². The Hall–Kier alpha value is -4.00. The number of aromatic nitrogens is 3. The molecule has 0 bridgehead atoms. The summed E-state index contributed by atoms with van der Waals surface area (Å²) in [6.45, 7) is 3.00. The lowest BCUT2D eigenvalue weighted by Gasteiger charge is -2.13. The summed E-state index contributed by atoms with van der Waals surface area (Å²) in [5.41, 5.74) is 0.656. The molecule has 0 aliphatic heterocycles. The third-order valence-corrected chi connectivity index (χ3v) is 3.98. The Balaban J connectivity index is 2.09. The topological polar surface area (TPSA) is 115 Å². The lowest BCUT2D eigenvalue weighted by Crippen LogP contribution is -2.02. The average Bonchev–Trinajstić information content (AvgIpc) is 2.70. The zero-order valence-electron chi connectivity index (χ0n) is 15.3. The molecule has 3 aromatic heterocycles. The van der Waals surface area contributed by atoms with Crippen LogP contribution in [0.4, 0.5) is 14.5 Å². The van der Waals surface area contributed by atoms with Gasteiger partial charge in [-0.1, -0.05) is 0 Å². The van der Waals surface area contributed by atoms with Crippen LogP contribution in [0.2, 0.25) is 0 Å². The van der Waals surface area contributed by atoms with Gasteiger partial charge in [0.05, 0.1) is 16.3 Å². The summed E-state index contributed by atoms with van der Waals surface area (Å²) in [6.07, 6.45) is -1.34. The van der Waals surface area contributed by atoms with Gasteiger partial charge in [0, 0.05) is 17.8 Å². The largest absolute Gasteiger partial charge is 0.431 e. The van der Waals surface area contributed by atoms with E-state index in [2.05, 4.69) is 15.0 Å². The van der Waals surface area contributed by atoms with Crippen molar-refractivity contribution in [2.75, 3.05) is 0 Å². The van der Waals surface area contributed by atoms with Gasteiger partial charge in [-0.25, -0.2) is 23.7 Å². The molecule has 8 nitrogen and oxygen atoms in total. The first-order chi connectivity index (χ1) is 13.8. The molecule has 0 fully saturated rings. The van der Waals surface area contributed by atoms with E-state index in [9.17, 15) is 18.9 Å². The van der Waals surface area contributed by atoms with Crippen molar-refractivity contribution in [1.82, 2.24) is 15.0 Å². The summed E-state index contributed by atoms with van der Waals surface area (Å²) >= 11 is 0. The zero-order valence-corrected chi connectivity index (χ0v) is 15.3. The maximum Gasteiger partial charge on any atom is 0.331 e. The van der Waals surface area contributed by atoms with Gasteiger partial charge in [0.15, 0.2) is 5.75 Å². The van der Waals surface area contributed by atoms with Crippen LogP contribution in [0, 0.1) is 35.3 Å². The number of nitriles is 1. The fourth-order valence-corrected chi connectivity index (χ4v) is 2.67. The normalized spacial score (nSPS) is 10.6. The van der Waals surface area contributed by atoms with E-state index in [4.69, 9.17) is 10.00 Å². The molecular formula is C19H13F2N5O3. The zero-order chi connectivity index (χ0) is 21.1. The molecule has 0 aromatic carbocycles. The number of halogens is 2. The highest BCUT2D eigenvalue weighted by Crippen LogP contribution is 2.35. The summed E-state index contributed by atoms with van der Waals surface area (Å²) in [5.74, 6) is -0.213. The molecule has 10 heteroatoms. The van der Waals surface area contributed by atoms with E-state index in [1.807, 2.05) is 6.07 Å². The minimum atomic E-state index is -2.75. The van der Waals surface area contributed by atoms with Crippen LogP contribution in [0.15, 0.2) is 36.5 Å². The first-order valence-electron chi connectivity index (χ1n) is 8.26. The second-order valence-corrected chi connectivity index (χ2v) is 6.00. The lowest BCUT2D eigenvalue weighted by atomic mass is 10.1. The molecule has 0 unspecified atom stereocenters. The van der Waals surface area contributed by atoms with E-state index in [-0.39, 0.29) is 23.0 Å². The number of nitrogens with zero attached hydrogens (tertiary/aromatic N) is 5. The van der Waals surface area contributed by atoms with Crippen LogP contribution in [0.25, 0.3) is 11.3 Å². The van der Waals surface area contributed by atoms with Crippen LogP contribution in [-0.4, -0.2) is 19.9 Å². The van der Waals surface area contributed by atoms with Gasteiger partial charge in [-0.05, 0) is 43.7 Å². The summed E-state index contributed by atoms with van der Waals surface area (Å²) in [5, 5.41) is 20.4. The van der Waals surface area contributed by atoms with Gasteiger partial charge in [-0.15, -0.1) is 0 Å². The maximum atomic E-state index is 12.9. The molecule has 0 aliphatic rings.